The molecule has 2 aliphatic heterocycles. The lowest BCUT2D eigenvalue weighted by molar-refractivity contribution is -0.0192. The first-order valence-corrected chi connectivity index (χ1v) is 7.89. The third-order valence-corrected chi connectivity index (χ3v) is 4.89. The van der Waals surface area contributed by atoms with Crippen LogP contribution in [0.5, 0.6) is 5.75 Å². The number of carbonyl (C=O) groups excluding carboxylic acids is 1. The van der Waals surface area contributed by atoms with Gasteiger partial charge in [0.15, 0.2) is 0 Å². The van der Waals surface area contributed by atoms with Crippen LogP contribution in [0.1, 0.15) is 30.9 Å². The first-order chi connectivity index (χ1) is 10.0. The number of nitrogens with two attached hydrogens (primary N) is 1. The number of hydrogen-bond acceptors (Lipinski definition) is 4. The minimum atomic E-state index is -0.269. The summed E-state index contributed by atoms with van der Waals surface area (Å²) in [5, 5.41) is 0. The van der Waals surface area contributed by atoms with Crippen LogP contribution in [0.3, 0.4) is 0 Å². The molecule has 1 unspecified atom stereocenters. The molecule has 5 nitrogen and oxygen atoms in total. The fourth-order valence-electron chi connectivity index (χ4n) is 3.22. The predicted molar refractivity (Wildman–Crippen MR) is 82.3 cm³/mol. The number of hydrogen-bond donors (Lipinski definition) is 1. The second-order valence-electron chi connectivity index (χ2n) is 5.73. The summed E-state index contributed by atoms with van der Waals surface area (Å²) in [7, 11) is 1.41. The molecule has 1 spiro atoms. The van der Waals surface area contributed by atoms with E-state index in [1.165, 1.54) is 7.11 Å². The second-order valence-corrected chi connectivity index (χ2v) is 6.65. The van der Waals surface area contributed by atoms with E-state index in [0.717, 1.165) is 35.0 Å². The van der Waals surface area contributed by atoms with E-state index in [9.17, 15) is 4.79 Å². The number of benzene rings is 1. The molecule has 0 aliphatic carbocycles. The maximum Gasteiger partial charge on any atom is 0.409 e. The van der Waals surface area contributed by atoms with Gasteiger partial charge in [-0.2, -0.15) is 0 Å². The van der Waals surface area contributed by atoms with E-state index in [-0.39, 0.29) is 17.7 Å². The molecule has 2 aliphatic rings. The largest absolute Gasteiger partial charge is 0.487 e. The van der Waals surface area contributed by atoms with Crippen molar-refractivity contribution in [3.05, 3.63) is 28.2 Å². The topological polar surface area (TPSA) is 64.8 Å². The van der Waals surface area contributed by atoms with Crippen LogP contribution in [0.2, 0.25) is 0 Å². The average Bonchev–Trinajstić information content (AvgIpc) is 2.48. The Bertz CT molecular complexity index is 556. The quantitative estimate of drug-likeness (QED) is 0.777. The number of likely N-dealkylation sites (tertiary alicyclic amines) is 1. The van der Waals surface area contributed by atoms with Gasteiger partial charge in [-0.3, -0.25) is 0 Å². The highest BCUT2D eigenvalue weighted by Gasteiger charge is 2.43. The minimum absolute atomic E-state index is 0.0315. The Morgan fingerprint density at radius 2 is 2.19 bits per heavy atom. The molecular formula is C15H19BrN2O3. The number of ether oxygens (including phenoxy) is 2. The molecule has 1 aromatic rings. The predicted octanol–water partition coefficient (Wildman–Crippen LogP) is 2.83. The van der Waals surface area contributed by atoms with Crippen LogP contribution in [-0.4, -0.2) is 36.8 Å². The van der Waals surface area contributed by atoms with E-state index in [4.69, 9.17) is 15.2 Å². The van der Waals surface area contributed by atoms with Gasteiger partial charge < -0.3 is 20.1 Å². The summed E-state index contributed by atoms with van der Waals surface area (Å²) >= 11 is 3.47. The molecule has 1 amide bonds. The maximum absolute atomic E-state index is 11.6. The van der Waals surface area contributed by atoms with E-state index >= 15 is 0 Å². The molecule has 3 rings (SSSR count). The van der Waals surface area contributed by atoms with Gasteiger partial charge in [-0.1, -0.05) is 15.9 Å². The van der Waals surface area contributed by atoms with Crippen LogP contribution in [0.4, 0.5) is 4.79 Å². The zero-order valence-corrected chi connectivity index (χ0v) is 13.6. The molecule has 1 aromatic carbocycles. The molecule has 0 saturated carbocycles. The van der Waals surface area contributed by atoms with Crippen molar-refractivity contribution in [2.45, 2.75) is 30.9 Å². The van der Waals surface area contributed by atoms with Crippen molar-refractivity contribution in [1.29, 1.82) is 0 Å². The summed E-state index contributed by atoms with van der Waals surface area (Å²) in [6.45, 7) is 1.29. The standard InChI is InChI=1S/C15H19BrN2O3/c1-20-14(19)18-6-4-15(5-7-18)9-12(17)11-8-10(16)2-3-13(11)21-15/h2-3,8,12H,4-7,9,17H2,1H3. The van der Waals surface area contributed by atoms with Crippen LogP contribution >= 0.6 is 15.9 Å². The number of nitrogens with zero attached hydrogens (tertiary/aromatic N) is 1. The van der Waals surface area contributed by atoms with Gasteiger partial charge in [0.2, 0.25) is 0 Å². The second kappa shape index (κ2) is 5.50. The van der Waals surface area contributed by atoms with Gasteiger partial charge in [0.25, 0.3) is 0 Å². The molecule has 0 aromatic heterocycles. The molecule has 114 valence electrons. The Balaban J connectivity index is 1.77. The van der Waals surface area contributed by atoms with Crippen LogP contribution in [-0.2, 0) is 4.74 Å². The summed E-state index contributed by atoms with van der Waals surface area (Å²) in [4.78, 5) is 13.3. The van der Waals surface area contributed by atoms with Crippen LogP contribution < -0.4 is 10.5 Å². The van der Waals surface area contributed by atoms with Crippen molar-refractivity contribution in [3.8, 4) is 5.75 Å². The van der Waals surface area contributed by atoms with Crippen LogP contribution in [0, 0.1) is 0 Å². The van der Waals surface area contributed by atoms with E-state index < -0.39 is 0 Å². The fourth-order valence-corrected chi connectivity index (χ4v) is 3.60. The van der Waals surface area contributed by atoms with Crippen molar-refractivity contribution in [1.82, 2.24) is 4.90 Å². The molecular weight excluding hydrogens is 336 g/mol. The highest BCUT2D eigenvalue weighted by Crippen LogP contribution is 2.44. The summed E-state index contributed by atoms with van der Waals surface area (Å²) < 4.78 is 12.1. The Kier molecular flexibility index (Phi) is 3.84. The van der Waals surface area contributed by atoms with Crippen molar-refractivity contribution in [3.63, 3.8) is 0 Å². The highest BCUT2D eigenvalue weighted by molar-refractivity contribution is 9.10. The van der Waals surface area contributed by atoms with E-state index in [0.29, 0.717) is 13.1 Å². The number of carbonyl (C=O) groups is 1. The van der Waals surface area contributed by atoms with Gasteiger partial charge in [0, 0.05) is 48.4 Å². The van der Waals surface area contributed by atoms with Gasteiger partial charge in [-0.05, 0) is 18.2 Å². The number of amides is 1. The van der Waals surface area contributed by atoms with Crippen LogP contribution in [0.15, 0.2) is 22.7 Å². The lowest BCUT2D eigenvalue weighted by atomic mass is 9.81. The molecule has 1 atom stereocenters. The van der Waals surface area contributed by atoms with Gasteiger partial charge >= 0.3 is 6.09 Å². The zero-order chi connectivity index (χ0) is 15.0. The number of halogens is 1. The highest BCUT2D eigenvalue weighted by atomic mass is 79.9. The number of methoxy groups -OCH3 is 1. The summed E-state index contributed by atoms with van der Waals surface area (Å²) in [6.07, 6.45) is 2.08. The lowest BCUT2D eigenvalue weighted by Gasteiger charge is -2.45. The van der Waals surface area contributed by atoms with E-state index in [2.05, 4.69) is 15.9 Å². The zero-order valence-electron chi connectivity index (χ0n) is 12.0. The van der Waals surface area contributed by atoms with Gasteiger partial charge in [-0.15, -0.1) is 0 Å². The Hall–Kier alpha value is -1.27. The first kappa shape index (κ1) is 14.7. The molecule has 0 radical (unpaired) electrons. The lowest BCUT2D eigenvalue weighted by Crippen LogP contribution is -2.52. The molecule has 1 fully saturated rings. The summed E-state index contributed by atoms with van der Waals surface area (Å²) in [5.41, 5.74) is 7.12. The average molecular weight is 355 g/mol. The molecule has 2 heterocycles. The Morgan fingerprint density at radius 3 is 2.86 bits per heavy atom. The number of piperidine rings is 1. The smallest absolute Gasteiger partial charge is 0.409 e. The monoisotopic (exact) mass is 354 g/mol. The van der Waals surface area contributed by atoms with Gasteiger partial charge in [0.1, 0.15) is 11.4 Å². The molecule has 0 bridgehead atoms. The molecule has 1 saturated heterocycles. The summed E-state index contributed by atoms with van der Waals surface area (Å²) in [5.74, 6) is 0.864. The summed E-state index contributed by atoms with van der Waals surface area (Å²) in [6, 6.07) is 5.92. The number of fused-ring (bicyclic) bond motifs is 1. The number of rotatable bonds is 0. The third-order valence-electron chi connectivity index (χ3n) is 4.40. The van der Waals surface area contributed by atoms with Crippen molar-refractivity contribution in [2.24, 2.45) is 5.73 Å². The van der Waals surface area contributed by atoms with E-state index in [1.807, 2.05) is 18.2 Å². The fraction of sp³-hybridized carbons (Fsp3) is 0.533. The van der Waals surface area contributed by atoms with E-state index in [1.54, 1.807) is 4.90 Å². The molecule has 6 heteroatoms. The van der Waals surface area contributed by atoms with Crippen molar-refractivity contribution in [2.75, 3.05) is 20.2 Å². The minimum Gasteiger partial charge on any atom is -0.487 e. The van der Waals surface area contributed by atoms with Crippen LogP contribution in [0.25, 0.3) is 0 Å². The Morgan fingerprint density at radius 1 is 1.48 bits per heavy atom. The maximum atomic E-state index is 11.6. The third kappa shape index (κ3) is 2.74. The first-order valence-electron chi connectivity index (χ1n) is 7.10. The van der Waals surface area contributed by atoms with Crippen molar-refractivity contribution >= 4 is 22.0 Å². The van der Waals surface area contributed by atoms with Gasteiger partial charge in [0.05, 0.1) is 7.11 Å². The SMILES string of the molecule is COC(=O)N1CCC2(CC1)CC(N)c1cc(Br)ccc1O2. The normalized spacial score (nSPS) is 23.4. The molecule has 2 N–H and O–H groups in total. The van der Waals surface area contributed by atoms with Gasteiger partial charge in [-0.25, -0.2) is 4.79 Å². The van der Waals surface area contributed by atoms with Crippen molar-refractivity contribution < 1.29 is 14.3 Å². The Labute approximate surface area is 132 Å². The molecule has 21 heavy (non-hydrogen) atoms.